The first-order chi connectivity index (χ1) is 26.3. The monoisotopic (exact) mass is 681 g/mol. The minimum atomic E-state index is 0.583. The van der Waals surface area contributed by atoms with Gasteiger partial charge in [0, 0.05) is 39.7 Å². The molecule has 0 unspecified atom stereocenters. The molecule has 252 valence electrons. The van der Waals surface area contributed by atoms with Crippen LogP contribution in [0.5, 0.6) is 0 Å². The first-order valence-electron chi connectivity index (χ1n) is 17.8. The molecule has 53 heavy (non-hydrogen) atoms. The molecule has 8 aromatic carbocycles. The molecule has 0 saturated heterocycles. The molecule has 0 spiro atoms. The summed E-state index contributed by atoms with van der Waals surface area (Å²) in [6.07, 6.45) is 0. The number of benzene rings is 8. The zero-order valence-corrected chi connectivity index (χ0v) is 29.0. The van der Waals surface area contributed by atoms with Gasteiger partial charge in [0.15, 0.2) is 5.58 Å². The van der Waals surface area contributed by atoms with E-state index in [9.17, 15) is 0 Å². The molecule has 1 aromatic heterocycles. The van der Waals surface area contributed by atoms with Crippen LogP contribution in [0.15, 0.2) is 217 Å². The molecule has 1 heterocycles. The Balaban J connectivity index is 1.12. The van der Waals surface area contributed by atoms with E-state index in [0.717, 1.165) is 73.0 Å². The number of oxazole rings is 1. The smallest absolute Gasteiger partial charge is 0.227 e. The summed E-state index contributed by atoms with van der Waals surface area (Å²) in [6.45, 7) is 0. The van der Waals surface area contributed by atoms with Gasteiger partial charge in [-0.05, 0) is 113 Å². The minimum Gasteiger partial charge on any atom is -0.436 e. The van der Waals surface area contributed by atoms with Crippen LogP contribution in [-0.2, 0) is 0 Å². The molecular weight excluding hydrogens is 647 g/mol. The van der Waals surface area contributed by atoms with Crippen molar-refractivity contribution in [2.24, 2.45) is 0 Å². The molecule has 0 amide bonds. The Morgan fingerprint density at radius 1 is 0.321 bits per heavy atom. The SMILES string of the molecule is c1ccc(-c2cc(N(c3ccccc3)c3ccccc3)ccc2-c2ccc3nc(-c4cccc(N(c5ccccc5)c5ccccc5)c4)oc3c2)cc1. The molecule has 0 atom stereocenters. The summed E-state index contributed by atoms with van der Waals surface area (Å²) in [5, 5.41) is 0. The quantitative estimate of drug-likeness (QED) is 0.152. The highest BCUT2D eigenvalue weighted by Crippen LogP contribution is 2.42. The lowest BCUT2D eigenvalue weighted by Gasteiger charge is -2.26. The number of rotatable bonds is 9. The Kier molecular flexibility index (Phi) is 8.53. The lowest BCUT2D eigenvalue weighted by molar-refractivity contribution is 0.620. The van der Waals surface area contributed by atoms with Crippen LogP contribution in [0.4, 0.5) is 34.1 Å². The normalized spacial score (nSPS) is 11.0. The number of para-hydroxylation sites is 4. The van der Waals surface area contributed by atoms with Crippen LogP contribution < -0.4 is 9.80 Å². The first-order valence-corrected chi connectivity index (χ1v) is 17.8. The summed E-state index contributed by atoms with van der Waals surface area (Å²) in [5.41, 5.74) is 13.4. The lowest BCUT2D eigenvalue weighted by atomic mass is 9.93. The number of fused-ring (bicyclic) bond motifs is 1. The molecule has 0 radical (unpaired) electrons. The number of aromatic nitrogens is 1. The maximum Gasteiger partial charge on any atom is 0.227 e. The standard InChI is InChI=1S/C49H35N3O/c1-6-17-36(18-7-1)46-35-44(52(41-24-12-4-13-25-41)42-26-14-5-15-27-42)30-31-45(46)37-29-32-47-48(34-37)53-49(50-47)38-19-16-28-43(33-38)51(39-20-8-2-9-21-39)40-22-10-3-11-23-40/h1-35H. The predicted molar refractivity (Wildman–Crippen MR) is 220 cm³/mol. The van der Waals surface area contributed by atoms with E-state index in [1.807, 2.05) is 12.1 Å². The maximum absolute atomic E-state index is 6.55. The van der Waals surface area contributed by atoms with Crippen molar-refractivity contribution >= 4 is 45.2 Å². The van der Waals surface area contributed by atoms with Crippen LogP contribution in [0.3, 0.4) is 0 Å². The van der Waals surface area contributed by atoms with Gasteiger partial charge in [-0.15, -0.1) is 0 Å². The van der Waals surface area contributed by atoms with E-state index in [1.54, 1.807) is 0 Å². The van der Waals surface area contributed by atoms with Crippen molar-refractivity contribution in [3.63, 3.8) is 0 Å². The van der Waals surface area contributed by atoms with E-state index < -0.39 is 0 Å². The van der Waals surface area contributed by atoms with Gasteiger partial charge in [-0.1, -0.05) is 121 Å². The lowest BCUT2D eigenvalue weighted by Crippen LogP contribution is -2.10. The molecule has 0 fully saturated rings. The third-order valence-corrected chi connectivity index (χ3v) is 9.45. The Labute approximate surface area is 309 Å². The molecule has 9 rings (SSSR count). The van der Waals surface area contributed by atoms with Crippen LogP contribution in [0.25, 0.3) is 44.8 Å². The molecule has 0 aliphatic heterocycles. The second kappa shape index (κ2) is 14.2. The van der Waals surface area contributed by atoms with E-state index >= 15 is 0 Å². The highest BCUT2D eigenvalue weighted by molar-refractivity contribution is 5.92. The van der Waals surface area contributed by atoms with E-state index in [1.165, 1.54) is 0 Å². The van der Waals surface area contributed by atoms with E-state index in [0.29, 0.717) is 5.89 Å². The average Bonchev–Trinajstić information content (AvgIpc) is 3.67. The molecule has 9 aromatic rings. The number of hydrogen-bond acceptors (Lipinski definition) is 4. The largest absolute Gasteiger partial charge is 0.436 e. The molecule has 4 heteroatoms. The third kappa shape index (κ3) is 6.46. The van der Waals surface area contributed by atoms with Gasteiger partial charge >= 0.3 is 0 Å². The second-order valence-corrected chi connectivity index (χ2v) is 12.9. The van der Waals surface area contributed by atoms with Crippen molar-refractivity contribution in [3.05, 3.63) is 212 Å². The predicted octanol–water partition coefficient (Wildman–Crippen LogP) is 13.8. The second-order valence-electron chi connectivity index (χ2n) is 12.9. The molecule has 0 aliphatic carbocycles. The molecule has 0 saturated carbocycles. The summed E-state index contributed by atoms with van der Waals surface area (Å²) >= 11 is 0. The zero-order chi connectivity index (χ0) is 35.4. The van der Waals surface area contributed by atoms with Crippen LogP contribution in [-0.4, -0.2) is 4.98 Å². The summed E-state index contributed by atoms with van der Waals surface area (Å²) in [7, 11) is 0. The highest BCUT2D eigenvalue weighted by Gasteiger charge is 2.18. The van der Waals surface area contributed by atoms with Gasteiger partial charge in [0.1, 0.15) is 5.52 Å². The maximum atomic E-state index is 6.55. The molecule has 0 aliphatic rings. The average molecular weight is 682 g/mol. The van der Waals surface area contributed by atoms with Crippen molar-refractivity contribution < 1.29 is 4.42 Å². The van der Waals surface area contributed by atoms with Gasteiger partial charge in [-0.3, -0.25) is 0 Å². The Hall–Kier alpha value is -7.17. The van der Waals surface area contributed by atoms with Crippen molar-refractivity contribution in [3.8, 4) is 33.7 Å². The fourth-order valence-electron chi connectivity index (χ4n) is 6.98. The van der Waals surface area contributed by atoms with Gasteiger partial charge in [-0.25, -0.2) is 4.98 Å². The molecular formula is C49H35N3O. The topological polar surface area (TPSA) is 32.5 Å². The first kappa shape index (κ1) is 31.8. The van der Waals surface area contributed by atoms with Crippen LogP contribution >= 0.6 is 0 Å². The van der Waals surface area contributed by atoms with Crippen molar-refractivity contribution in [1.29, 1.82) is 0 Å². The number of anilines is 6. The van der Waals surface area contributed by atoms with Crippen molar-refractivity contribution in [2.75, 3.05) is 9.80 Å². The van der Waals surface area contributed by atoms with Gasteiger partial charge in [0.2, 0.25) is 5.89 Å². The summed E-state index contributed by atoms with van der Waals surface area (Å²) in [5.74, 6) is 0.583. The fraction of sp³-hybridized carbons (Fsp3) is 0. The Bertz CT molecular complexity index is 2530. The van der Waals surface area contributed by atoms with Gasteiger partial charge < -0.3 is 14.2 Å². The fourth-order valence-corrected chi connectivity index (χ4v) is 6.98. The summed E-state index contributed by atoms with van der Waals surface area (Å²) < 4.78 is 6.55. The van der Waals surface area contributed by atoms with Crippen molar-refractivity contribution in [2.45, 2.75) is 0 Å². The number of nitrogens with zero attached hydrogens (tertiary/aromatic N) is 3. The van der Waals surface area contributed by atoms with Gasteiger partial charge in [0.05, 0.1) is 0 Å². The van der Waals surface area contributed by atoms with Gasteiger partial charge in [-0.2, -0.15) is 0 Å². The minimum absolute atomic E-state index is 0.583. The molecule has 0 bridgehead atoms. The van der Waals surface area contributed by atoms with Crippen LogP contribution in [0.1, 0.15) is 0 Å². The highest BCUT2D eigenvalue weighted by atomic mass is 16.3. The summed E-state index contributed by atoms with van der Waals surface area (Å²) in [4.78, 5) is 9.50. The Morgan fingerprint density at radius 2 is 0.792 bits per heavy atom. The van der Waals surface area contributed by atoms with E-state index in [4.69, 9.17) is 9.40 Å². The van der Waals surface area contributed by atoms with Crippen molar-refractivity contribution in [1.82, 2.24) is 4.98 Å². The molecule has 4 nitrogen and oxygen atoms in total. The van der Waals surface area contributed by atoms with E-state index in [-0.39, 0.29) is 0 Å². The number of hydrogen-bond donors (Lipinski definition) is 0. The molecule has 0 N–H and O–H groups in total. The summed E-state index contributed by atoms with van der Waals surface area (Å²) in [6, 6.07) is 73.8. The van der Waals surface area contributed by atoms with Crippen LogP contribution in [0, 0.1) is 0 Å². The van der Waals surface area contributed by atoms with Gasteiger partial charge in [0.25, 0.3) is 0 Å². The Morgan fingerprint density at radius 3 is 1.34 bits per heavy atom. The third-order valence-electron chi connectivity index (χ3n) is 9.45. The zero-order valence-electron chi connectivity index (χ0n) is 29.0. The van der Waals surface area contributed by atoms with Crippen LogP contribution in [0.2, 0.25) is 0 Å². The van der Waals surface area contributed by atoms with E-state index in [2.05, 4.69) is 210 Å².